The molecule has 4 heteroatoms. The zero-order valence-corrected chi connectivity index (χ0v) is 11.8. The Balaban J connectivity index is 2.27. The Morgan fingerprint density at radius 1 is 1.44 bits per heavy atom. The Morgan fingerprint density at radius 2 is 2.06 bits per heavy atom. The molecule has 0 radical (unpaired) electrons. The second-order valence-electron chi connectivity index (χ2n) is 6.08. The van der Waals surface area contributed by atoms with Gasteiger partial charge in [-0.05, 0) is 38.5 Å². The van der Waals surface area contributed by atoms with Crippen LogP contribution in [0.1, 0.15) is 47.0 Å². The molecule has 1 heterocycles. The molecule has 3 unspecified atom stereocenters. The zero-order chi connectivity index (χ0) is 13.5. The quantitative estimate of drug-likeness (QED) is 0.825. The predicted octanol–water partition coefficient (Wildman–Crippen LogP) is 1.55. The summed E-state index contributed by atoms with van der Waals surface area (Å²) in [4.78, 5) is 26.6. The van der Waals surface area contributed by atoms with Gasteiger partial charge in [0.25, 0.3) is 0 Å². The van der Waals surface area contributed by atoms with Crippen LogP contribution in [-0.2, 0) is 9.59 Å². The van der Waals surface area contributed by atoms with E-state index >= 15 is 0 Å². The molecule has 0 bridgehead atoms. The van der Waals surface area contributed by atoms with E-state index in [0.717, 1.165) is 19.3 Å². The van der Waals surface area contributed by atoms with Crippen LogP contribution in [0.4, 0.5) is 0 Å². The molecule has 102 valence electrons. The molecule has 1 aliphatic heterocycles. The standard InChI is InChI=1S/C14H24N2O2/c1-5-9(2)8-16-12(17)10(3)15-13(18)14(16,4)11-6-7-11/h9-11H,5-8H2,1-4H3,(H,15,18). The lowest BCUT2D eigenvalue weighted by Gasteiger charge is -2.47. The van der Waals surface area contributed by atoms with E-state index in [4.69, 9.17) is 0 Å². The van der Waals surface area contributed by atoms with E-state index in [2.05, 4.69) is 19.2 Å². The van der Waals surface area contributed by atoms with Gasteiger partial charge in [0.15, 0.2) is 0 Å². The summed E-state index contributed by atoms with van der Waals surface area (Å²) in [5, 5.41) is 2.83. The molecule has 4 nitrogen and oxygen atoms in total. The van der Waals surface area contributed by atoms with Gasteiger partial charge in [0, 0.05) is 6.54 Å². The summed E-state index contributed by atoms with van der Waals surface area (Å²) in [5.41, 5.74) is -0.618. The van der Waals surface area contributed by atoms with Crippen LogP contribution < -0.4 is 5.32 Å². The molecule has 1 aliphatic carbocycles. The van der Waals surface area contributed by atoms with Crippen LogP contribution in [-0.4, -0.2) is 34.8 Å². The first kappa shape index (κ1) is 13.4. The lowest BCUT2D eigenvalue weighted by molar-refractivity contribution is -0.158. The van der Waals surface area contributed by atoms with E-state index in [1.165, 1.54) is 0 Å². The summed E-state index contributed by atoms with van der Waals surface area (Å²) < 4.78 is 0. The zero-order valence-electron chi connectivity index (χ0n) is 11.8. The van der Waals surface area contributed by atoms with E-state index in [-0.39, 0.29) is 17.9 Å². The van der Waals surface area contributed by atoms with Crippen LogP contribution in [0.3, 0.4) is 0 Å². The van der Waals surface area contributed by atoms with Gasteiger partial charge < -0.3 is 10.2 Å². The average molecular weight is 252 g/mol. The molecule has 0 aromatic heterocycles. The van der Waals surface area contributed by atoms with E-state index in [0.29, 0.717) is 18.4 Å². The fourth-order valence-corrected chi connectivity index (χ4v) is 2.76. The van der Waals surface area contributed by atoms with Crippen molar-refractivity contribution in [2.75, 3.05) is 6.54 Å². The molecule has 0 aromatic carbocycles. The van der Waals surface area contributed by atoms with Crippen molar-refractivity contribution in [2.24, 2.45) is 11.8 Å². The Kier molecular flexibility index (Phi) is 3.39. The molecule has 0 spiro atoms. The molecule has 0 aromatic rings. The van der Waals surface area contributed by atoms with Crippen molar-refractivity contribution in [1.82, 2.24) is 10.2 Å². The van der Waals surface area contributed by atoms with Gasteiger partial charge in [-0.15, -0.1) is 0 Å². The molecular formula is C14H24N2O2. The average Bonchev–Trinajstić information content (AvgIpc) is 3.16. The highest BCUT2D eigenvalue weighted by molar-refractivity contribution is 5.99. The molecule has 1 saturated carbocycles. The molecule has 3 atom stereocenters. The van der Waals surface area contributed by atoms with Crippen molar-refractivity contribution in [3.8, 4) is 0 Å². The minimum absolute atomic E-state index is 0.0282. The highest BCUT2D eigenvalue weighted by Gasteiger charge is 2.56. The minimum atomic E-state index is -0.618. The van der Waals surface area contributed by atoms with Gasteiger partial charge >= 0.3 is 0 Å². The topological polar surface area (TPSA) is 49.4 Å². The summed E-state index contributed by atoms with van der Waals surface area (Å²) in [5.74, 6) is 0.882. The first-order valence-corrected chi connectivity index (χ1v) is 7.03. The lowest BCUT2D eigenvalue weighted by atomic mass is 9.87. The summed E-state index contributed by atoms with van der Waals surface area (Å²) in [7, 11) is 0. The van der Waals surface area contributed by atoms with Crippen molar-refractivity contribution in [3.05, 3.63) is 0 Å². The maximum absolute atomic E-state index is 12.4. The molecule has 18 heavy (non-hydrogen) atoms. The van der Waals surface area contributed by atoms with Gasteiger partial charge in [-0.2, -0.15) is 0 Å². The number of piperazine rings is 1. The van der Waals surface area contributed by atoms with Crippen LogP contribution in [0, 0.1) is 11.8 Å². The molecular weight excluding hydrogens is 228 g/mol. The monoisotopic (exact) mass is 252 g/mol. The normalized spacial score (nSPS) is 34.4. The van der Waals surface area contributed by atoms with Crippen molar-refractivity contribution in [1.29, 1.82) is 0 Å². The molecule has 1 N–H and O–H groups in total. The van der Waals surface area contributed by atoms with E-state index in [1.54, 1.807) is 6.92 Å². The maximum atomic E-state index is 12.4. The highest BCUT2D eigenvalue weighted by atomic mass is 16.2. The lowest BCUT2D eigenvalue weighted by Crippen LogP contribution is -2.70. The minimum Gasteiger partial charge on any atom is -0.343 e. The van der Waals surface area contributed by atoms with Crippen molar-refractivity contribution < 1.29 is 9.59 Å². The third kappa shape index (κ3) is 2.02. The fourth-order valence-electron chi connectivity index (χ4n) is 2.76. The fraction of sp³-hybridized carbons (Fsp3) is 0.857. The number of nitrogens with one attached hydrogen (secondary N) is 1. The summed E-state index contributed by atoms with van der Waals surface area (Å²) in [6, 6.07) is -0.381. The van der Waals surface area contributed by atoms with Crippen molar-refractivity contribution >= 4 is 11.8 Å². The van der Waals surface area contributed by atoms with Crippen molar-refractivity contribution in [3.63, 3.8) is 0 Å². The van der Waals surface area contributed by atoms with Gasteiger partial charge in [-0.1, -0.05) is 20.3 Å². The Labute approximate surface area is 109 Å². The molecule has 1 saturated heterocycles. The number of carbonyl (C=O) groups is 2. The van der Waals surface area contributed by atoms with Crippen molar-refractivity contribution in [2.45, 2.75) is 58.5 Å². The number of hydrogen-bond donors (Lipinski definition) is 1. The number of carbonyl (C=O) groups excluding carboxylic acids is 2. The van der Waals surface area contributed by atoms with Crippen LogP contribution in [0.25, 0.3) is 0 Å². The van der Waals surface area contributed by atoms with Gasteiger partial charge in [-0.3, -0.25) is 9.59 Å². The summed E-state index contributed by atoms with van der Waals surface area (Å²) in [6.45, 7) is 8.66. The maximum Gasteiger partial charge on any atom is 0.246 e. The number of hydrogen-bond acceptors (Lipinski definition) is 2. The number of rotatable bonds is 4. The van der Waals surface area contributed by atoms with Gasteiger partial charge in [-0.25, -0.2) is 0 Å². The van der Waals surface area contributed by atoms with Crippen LogP contribution in [0.5, 0.6) is 0 Å². The van der Waals surface area contributed by atoms with Gasteiger partial charge in [0.2, 0.25) is 11.8 Å². The molecule has 2 rings (SSSR count). The Morgan fingerprint density at radius 3 is 2.56 bits per heavy atom. The van der Waals surface area contributed by atoms with Gasteiger partial charge in [0.1, 0.15) is 11.6 Å². The van der Waals surface area contributed by atoms with Crippen LogP contribution in [0.2, 0.25) is 0 Å². The summed E-state index contributed by atoms with van der Waals surface area (Å²) >= 11 is 0. The van der Waals surface area contributed by atoms with Crippen LogP contribution >= 0.6 is 0 Å². The third-order valence-corrected chi connectivity index (χ3v) is 4.57. The first-order chi connectivity index (χ1) is 8.41. The smallest absolute Gasteiger partial charge is 0.246 e. The van der Waals surface area contributed by atoms with Crippen LogP contribution in [0.15, 0.2) is 0 Å². The molecule has 2 fully saturated rings. The first-order valence-electron chi connectivity index (χ1n) is 7.03. The number of nitrogens with zero attached hydrogens (tertiary/aromatic N) is 1. The second-order valence-corrected chi connectivity index (χ2v) is 6.08. The largest absolute Gasteiger partial charge is 0.343 e. The van der Waals surface area contributed by atoms with Gasteiger partial charge in [0.05, 0.1) is 0 Å². The van der Waals surface area contributed by atoms with E-state index < -0.39 is 5.54 Å². The molecule has 2 amide bonds. The molecule has 2 aliphatic rings. The Hall–Kier alpha value is -1.06. The van der Waals surface area contributed by atoms with E-state index in [9.17, 15) is 9.59 Å². The predicted molar refractivity (Wildman–Crippen MR) is 69.9 cm³/mol. The summed E-state index contributed by atoms with van der Waals surface area (Å²) in [6.07, 6.45) is 3.14. The SMILES string of the molecule is CCC(C)CN1C(=O)C(C)NC(=O)C1(C)C1CC1. The van der Waals surface area contributed by atoms with E-state index in [1.807, 2.05) is 11.8 Å². The third-order valence-electron chi connectivity index (χ3n) is 4.57. The second kappa shape index (κ2) is 4.56. The Bertz CT molecular complexity index is 365. The highest BCUT2D eigenvalue weighted by Crippen LogP contribution is 2.45. The number of amides is 2.